The Kier molecular flexibility index (Phi) is 6.49. The molecule has 0 aromatic heterocycles. The van der Waals surface area contributed by atoms with E-state index >= 15 is 0 Å². The Bertz CT molecular complexity index is 970. The molecule has 2 aromatic rings. The number of rotatable bonds is 6. The van der Waals surface area contributed by atoms with Crippen molar-refractivity contribution in [1.82, 2.24) is 4.31 Å². The summed E-state index contributed by atoms with van der Waals surface area (Å²) in [7, 11) is -3.79. The van der Waals surface area contributed by atoms with Gasteiger partial charge in [0.25, 0.3) is 5.69 Å². The first-order valence-corrected chi connectivity index (χ1v) is 11.3. The zero-order valence-corrected chi connectivity index (χ0v) is 17.5. The van der Waals surface area contributed by atoms with Crippen molar-refractivity contribution in [1.29, 1.82) is 0 Å². The molecular weight excluding hydrogens is 388 g/mol. The lowest BCUT2D eigenvalue weighted by atomic mass is 9.91. The van der Waals surface area contributed by atoms with Gasteiger partial charge >= 0.3 is 0 Å². The standard InChI is InChI=1S/C22H26N2O4S/c1-17(2)22-10-6-9-19(12-11-18-7-4-3-5-8-18)23(22)29(27,28)21-15-13-20(14-16-21)24(25)26/h3-5,7-8,11-17,19,22H,6,9-10H2,1-2H3/b12-11+/t19-,22+/m1/s1. The lowest BCUT2D eigenvalue weighted by Crippen LogP contribution is -2.51. The summed E-state index contributed by atoms with van der Waals surface area (Å²) in [6.07, 6.45) is 6.44. The SMILES string of the molecule is CC(C)[C@@H]1CCC[C@H](/C=C/c2ccccc2)N1S(=O)(=O)c1ccc([N+](=O)[O-])cc1. The fourth-order valence-corrected chi connectivity index (χ4v) is 5.81. The van der Waals surface area contributed by atoms with Gasteiger partial charge in [-0.25, -0.2) is 8.42 Å². The van der Waals surface area contributed by atoms with Crippen LogP contribution in [0.15, 0.2) is 65.6 Å². The highest BCUT2D eigenvalue weighted by atomic mass is 32.2. The molecule has 0 unspecified atom stereocenters. The van der Waals surface area contributed by atoms with Crippen LogP contribution >= 0.6 is 0 Å². The van der Waals surface area contributed by atoms with E-state index in [4.69, 9.17) is 0 Å². The zero-order chi connectivity index (χ0) is 21.0. The summed E-state index contributed by atoms with van der Waals surface area (Å²) in [5.41, 5.74) is 0.899. The number of nitro groups is 1. The number of non-ortho nitro benzene ring substituents is 1. The minimum Gasteiger partial charge on any atom is -0.258 e. The first kappa shape index (κ1) is 21.2. The van der Waals surface area contributed by atoms with Gasteiger partial charge in [0.05, 0.1) is 9.82 Å². The summed E-state index contributed by atoms with van der Waals surface area (Å²) in [5, 5.41) is 10.9. The summed E-state index contributed by atoms with van der Waals surface area (Å²) in [4.78, 5) is 10.5. The second-order valence-electron chi connectivity index (χ2n) is 7.67. The van der Waals surface area contributed by atoms with Crippen LogP contribution in [0.2, 0.25) is 0 Å². The molecule has 6 nitrogen and oxygen atoms in total. The molecule has 0 saturated carbocycles. The summed E-state index contributed by atoms with van der Waals surface area (Å²) >= 11 is 0. The summed E-state index contributed by atoms with van der Waals surface area (Å²) < 4.78 is 28.7. The van der Waals surface area contributed by atoms with Crippen LogP contribution in [0.4, 0.5) is 5.69 Å². The number of sulfonamides is 1. The highest BCUT2D eigenvalue weighted by Crippen LogP contribution is 2.34. The Labute approximate surface area is 172 Å². The monoisotopic (exact) mass is 414 g/mol. The maximum atomic E-state index is 13.5. The maximum absolute atomic E-state index is 13.5. The predicted molar refractivity (Wildman–Crippen MR) is 114 cm³/mol. The van der Waals surface area contributed by atoms with Gasteiger partial charge < -0.3 is 0 Å². The van der Waals surface area contributed by atoms with Gasteiger partial charge in [0.15, 0.2) is 0 Å². The van der Waals surface area contributed by atoms with Gasteiger partial charge in [-0.05, 0) is 42.9 Å². The van der Waals surface area contributed by atoms with E-state index in [1.54, 1.807) is 4.31 Å². The van der Waals surface area contributed by atoms with Crippen LogP contribution in [0.5, 0.6) is 0 Å². The quantitative estimate of drug-likeness (QED) is 0.498. The Morgan fingerprint density at radius 3 is 2.31 bits per heavy atom. The molecule has 29 heavy (non-hydrogen) atoms. The van der Waals surface area contributed by atoms with Crippen LogP contribution in [0.3, 0.4) is 0 Å². The third kappa shape index (κ3) is 4.74. The van der Waals surface area contributed by atoms with E-state index in [2.05, 4.69) is 0 Å². The van der Waals surface area contributed by atoms with Crippen LogP contribution in [-0.4, -0.2) is 29.7 Å². The smallest absolute Gasteiger partial charge is 0.258 e. The molecule has 2 atom stereocenters. The Morgan fingerprint density at radius 2 is 1.72 bits per heavy atom. The fourth-order valence-electron chi connectivity index (χ4n) is 3.85. The Balaban J connectivity index is 1.98. The molecule has 7 heteroatoms. The molecule has 0 spiro atoms. The van der Waals surface area contributed by atoms with Crippen LogP contribution in [0.1, 0.15) is 38.7 Å². The molecule has 0 amide bonds. The van der Waals surface area contributed by atoms with E-state index in [0.717, 1.165) is 24.8 Å². The molecular formula is C22H26N2O4S. The number of nitro benzene ring substituents is 1. The van der Waals surface area contributed by atoms with Crippen LogP contribution in [0, 0.1) is 16.0 Å². The molecule has 0 N–H and O–H groups in total. The molecule has 0 aliphatic carbocycles. The second kappa shape index (κ2) is 8.88. The molecule has 0 radical (unpaired) electrons. The lowest BCUT2D eigenvalue weighted by Gasteiger charge is -2.41. The maximum Gasteiger partial charge on any atom is 0.269 e. The van der Waals surface area contributed by atoms with Gasteiger partial charge in [-0.1, -0.05) is 56.3 Å². The van der Waals surface area contributed by atoms with Crippen LogP contribution < -0.4 is 0 Å². The zero-order valence-electron chi connectivity index (χ0n) is 16.6. The average molecular weight is 415 g/mol. The molecule has 3 rings (SSSR count). The highest BCUT2D eigenvalue weighted by Gasteiger charge is 2.40. The first-order valence-electron chi connectivity index (χ1n) is 9.82. The van der Waals surface area contributed by atoms with Crippen LogP contribution in [-0.2, 0) is 10.0 Å². The minimum atomic E-state index is -3.79. The normalized spacial score (nSPS) is 20.9. The van der Waals surface area contributed by atoms with Crippen molar-refractivity contribution in [3.05, 3.63) is 76.4 Å². The van der Waals surface area contributed by atoms with Crippen molar-refractivity contribution in [2.45, 2.75) is 50.1 Å². The third-order valence-corrected chi connectivity index (χ3v) is 7.32. The van der Waals surface area contributed by atoms with Crippen molar-refractivity contribution in [2.24, 2.45) is 5.92 Å². The van der Waals surface area contributed by atoms with Gasteiger partial charge in [-0.3, -0.25) is 10.1 Å². The minimum absolute atomic E-state index is 0.0914. The molecule has 154 valence electrons. The van der Waals surface area contributed by atoms with Crippen molar-refractivity contribution < 1.29 is 13.3 Å². The molecule has 2 aromatic carbocycles. The fraction of sp³-hybridized carbons (Fsp3) is 0.364. The van der Waals surface area contributed by atoms with E-state index in [0.29, 0.717) is 0 Å². The Morgan fingerprint density at radius 1 is 1.07 bits per heavy atom. The predicted octanol–water partition coefficient (Wildman–Crippen LogP) is 4.88. The van der Waals surface area contributed by atoms with Crippen molar-refractivity contribution in [3.63, 3.8) is 0 Å². The number of hydrogen-bond donors (Lipinski definition) is 0. The van der Waals surface area contributed by atoms with Crippen molar-refractivity contribution >= 4 is 21.8 Å². The Hall–Kier alpha value is -2.51. The molecule has 1 heterocycles. The van der Waals surface area contributed by atoms with Gasteiger partial charge in [-0.2, -0.15) is 4.31 Å². The largest absolute Gasteiger partial charge is 0.269 e. The van der Waals surface area contributed by atoms with Gasteiger partial charge in [0.1, 0.15) is 0 Å². The van der Waals surface area contributed by atoms with Gasteiger partial charge in [0.2, 0.25) is 10.0 Å². The first-order chi connectivity index (χ1) is 13.8. The third-order valence-electron chi connectivity index (χ3n) is 5.36. The topological polar surface area (TPSA) is 80.5 Å². The van der Waals surface area contributed by atoms with Gasteiger partial charge in [0, 0.05) is 24.2 Å². The van der Waals surface area contributed by atoms with Crippen LogP contribution in [0.25, 0.3) is 6.08 Å². The second-order valence-corrected chi connectivity index (χ2v) is 9.51. The van der Waals surface area contributed by atoms with Crippen molar-refractivity contribution in [2.75, 3.05) is 0 Å². The van der Waals surface area contributed by atoms with E-state index in [1.165, 1.54) is 24.3 Å². The van der Waals surface area contributed by atoms with E-state index < -0.39 is 14.9 Å². The average Bonchev–Trinajstić information content (AvgIpc) is 2.72. The molecule has 1 aliphatic rings. The lowest BCUT2D eigenvalue weighted by molar-refractivity contribution is -0.384. The number of nitrogens with zero attached hydrogens (tertiary/aromatic N) is 2. The summed E-state index contributed by atoms with van der Waals surface area (Å²) in [6, 6.07) is 14.6. The number of benzene rings is 2. The molecule has 1 fully saturated rings. The number of piperidine rings is 1. The molecule has 0 bridgehead atoms. The molecule has 1 saturated heterocycles. The highest BCUT2D eigenvalue weighted by molar-refractivity contribution is 7.89. The molecule has 1 aliphatic heterocycles. The summed E-state index contributed by atoms with van der Waals surface area (Å²) in [6.45, 7) is 4.07. The van der Waals surface area contributed by atoms with Gasteiger partial charge in [-0.15, -0.1) is 0 Å². The van der Waals surface area contributed by atoms with E-state index in [9.17, 15) is 18.5 Å². The summed E-state index contributed by atoms with van der Waals surface area (Å²) in [5.74, 6) is 0.163. The number of hydrogen-bond acceptors (Lipinski definition) is 4. The van der Waals surface area contributed by atoms with E-state index in [-0.39, 0.29) is 28.6 Å². The van der Waals surface area contributed by atoms with E-state index in [1.807, 2.05) is 56.3 Å². The van der Waals surface area contributed by atoms with Crippen molar-refractivity contribution in [3.8, 4) is 0 Å².